The molecule has 0 spiro atoms. The van der Waals surface area contributed by atoms with Crippen LogP contribution in [0.2, 0.25) is 5.02 Å². The molecular weight excluding hydrogens is 352 g/mol. The number of nitrogen functional groups attached to an aromatic ring is 1. The highest BCUT2D eigenvalue weighted by molar-refractivity contribution is 9.10. The van der Waals surface area contributed by atoms with Gasteiger partial charge in [-0.2, -0.15) is 0 Å². The summed E-state index contributed by atoms with van der Waals surface area (Å²) in [5.41, 5.74) is 9.67. The van der Waals surface area contributed by atoms with Gasteiger partial charge in [0, 0.05) is 15.1 Å². The third-order valence-electron chi connectivity index (χ3n) is 3.20. The van der Waals surface area contributed by atoms with Crippen LogP contribution in [0.3, 0.4) is 0 Å². The maximum atomic E-state index is 6.06. The Hall–Kier alpha value is -1.78. The van der Waals surface area contributed by atoms with E-state index in [-0.39, 0.29) is 0 Å². The zero-order chi connectivity index (χ0) is 15.0. The minimum atomic E-state index is 0.347. The fourth-order valence-electron chi connectivity index (χ4n) is 2.21. The Morgan fingerprint density at radius 1 is 1.19 bits per heavy atom. The molecule has 0 saturated heterocycles. The molecule has 0 atom stereocenters. The number of halogens is 2. The standard InChI is InChI=1S/C16H12BrClN2O/c1-9-5-6-12(13(17)7-9)15-14(16(19)20-21-15)10-3-2-4-11(18)8-10/h2-8H,1H3,(H2,19,20). The molecule has 21 heavy (non-hydrogen) atoms. The van der Waals surface area contributed by atoms with Gasteiger partial charge < -0.3 is 10.3 Å². The van der Waals surface area contributed by atoms with Crippen molar-refractivity contribution >= 4 is 33.3 Å². The number of rotatable bonds is 2. The second-order valence-corrected chi connectivity index (χ2v) is 6.06. The first-order valence-electron chi connectivity index (χ1n) is 6.34. The highest BCUT2D eigenvalue weighted by atomic mass is 79.9. The topological polar surface area (TPSA) is 52.0 Å². The molecule has 3 nitrogen and oxygen atoms in total. The molecule has 0 bridgehead atoms. The zero-order valence-corrected chi connectivity index (χ0v) is 13.6. The van der Waals surface area contributed by atoms with Gasteiger partial charge in [0.2, 0.25) is 0 Å². The second-order valence-electron chi connectivity index (χ2n) is 4.77. The summed E-state index contributed by atoms with van der Waals surface area (Å²) in [6.45, 7) is 2.03. The van der Waals surface area contributed by atoms with Crippen LogP contribution in [-0.4, -0.2) is 5.16 Å². The first kappa shape index (κ1) is 14.2. The van der Waals surface area contributed by atoms with Gasteiger partial charge in [-0.05, 0) is 42.3 Å². The molecule has 2 aromatic carbocycles. The summed E-state index contributed by atoms with van der Waals surface area (Å²) in [6, 6.07) is 13.5. The molecule has 2 N–H and O–H groups in total. The lowest BCUT2D eigenvalue weighted by atomic mass is 10.0. The van der Waals surface area contributed by atoms with Crippen molar-refractivity contribution in [1.29, 1.82) is 0 Å². The Morgan fingerprint density at radius 3 is 2.71 bits per heavy atom. The monoisotopic (exact) mass is 362 g/mol. The van der Waals surface area contributed by atoms with E-state index in [1.54, 1.807) is 0 Å². The van der Waals surface area contributed by atoms with Crippen molar-refractivity contribution < 1.29 is 4.52 Å². The summed E-state index contributed by atoms with van der Waals surface area (Å²) >= 11 is 9.62. The van der Waals surface area contributed by atoms with E-state index in [1.165, 1.54) is 0 Å². The minimum Gasteiger partial charge on any atom is -0.380 e. The fraction of sp³-hybridized carbons (Fsp3) is 0.0625. The van der Waals surface area contributed by atoms with E-state index in [4.69, 9.17) is 21.9 Å². The molecule has 106 valence electrons. The van der Waals surface area contributed by atoms with E-state index < -0.39 is 0 Å². The summed E-state index contributed by atoms with van der Waals surface area (Å²) in [7, 11) is 0. The normalized spacial score (nSPS) is 10.8. The van der Waals surface area contributed by atoms with Crippen molar-refractivity contribution in [2.45, 2.75) is 6.92 Å². The van der Waals surface area contributed by atoms with Gasteiger partial charge in [0.05, 0.1) is 5.56 Å². The summed E-state index contributed by atoms with van der Waals surface area (Å²) in [6.07, 6.45) is 0. The number of benzene rings is 2. The zero-order valence-electron chi connectivity index (χ0n) is 11.2. The van der Waals surface area contributed by atoms with Gasteiger partial charge in [0.1, 0.15) is 0 Å². The molecule has 1 heterocycles. The highest BCUT2D eigenvalue weighted by Gasteiger charge is 2.19. The minimum absolute atomic E-state index is 0.347. The summed E-state index contributed by atoms with van der Waals surface area (Å²) in [5.74, 6) is 0.974. The molecule has 0 saturated carbocycles. The van der Waals surface area contributed by atoms with Gasteiger partial charge in [-0.15, -0.1) is 0 Å². The number of nitrogens with zero attached hydrogens (tertiary/aromatic N) is 1. The first-order chi connectivity index (χ1) is 10.1. The van der Waals surface area contributed by atoms with Crippen molar-refractivity contribution in [3.8, 4) is 22.5 Å². The number of aryl methyl sites for hydroxylation is 1. The molecule has 0 aliphatic heterocycles. The summed E-state index contributed by atoms with van der Waals surface area (Å²) in [5, 5.41) is 4.54. The number of hydrogen-bond acceptors (Lipinski definition) is 3. The lowest BCUT2D eigenvalue weighted by Crippen LogP contribution is -1.89. The number of hydrogen-bond donors (Lipinski definition) is 1. The quantitative estimate of drug-likeness (QED) is 0.671. The van der Waals surface area contributed by atoms with Crippen LogP contribution in [0.1, 0.15) is 5.56 Å². The average molecular weight is 364 g/mol. The lowest BCUT2D eigenvalue weighted by molar-refractivity contribution is 0.436. The van der Waals surface area contributed by atoms with Crippen molar-refractivity contribution in [1.82, 2.24) is 5.16 Å². The summed E-state index contributed by atoms with van der Waals surface area (Å²) in [4.78, 5) is 0. The molecule has 3 rings (SSSR count). The maximum absolute atomic E-state index is 6.06. The van der Waals surface area contributed by atoms with Crippen LogP contribution < -0.4 is 5.73 Å². The van der Waals surface area contributed by atoms with Crippen LogP contribution >= 0.6 is 27.5 Å². The van der Waals surface area contributed by atoms with Crippen LogP contribution in [0.4, 0.5) is 5.82 Å². The van der Waals surface area contributed by atoms with E-state index >= 15 is 0 Å². The van der Waals surface area contributed by atoms with E-state index in [0.717, 1.165) is 26.7 Å². The Kier molecular flexibility index (Phi) is 3.74. The van der Waals surface area contributed by atoms with Crippen LogP contribution in [0.5, 0.6) is 0 Å². The van der Waals surface area contributed by atoms with Gasteiger partial charge in [-0.25, -0.2) is 0 Å². The Morgan fingerprint density at radius 2 is 2.00 bits per heavy atom. The number of aromatic nitrogens is 1. The number of nitrogens with two attached hydrogens (primary N) is 1. The molecule has 0 aliphatic carbocycles. The molecule has 3 aromatic rings. The Labute approximate surface area is 135 Å². The van der Waals surface area contributed by atoms with E-state index in [0.29, 0.717) is 16.6 Å². The molecule has 0 fully saturated rings. The maximum Gasteiger partial charge on any atom is 0.178 e. The van der Waals surface area contributed by atoms with Crippen LogP contribution in [0.25, 0.3) is 22.5 Å². The summed E-state index contributed by atoms with van der Waals surface area (Å²) < 4.78 is 6.38. The van der Waals surface area contributed by atoms with Crippen molar-refractivity contribution in [2.75, 3.05) is 5.73 Å². The van der Waals surface area contributed by atoms with Gasteiger partial charge in [-0.1, -0.05) is 50.9 Å². The predicted molar refractivity (Wildman–Crippen MR) is 89.2 cm³/mol. The highest BCUT2D eigenvalue weighted by Crippen LogP contribution is 2.40. The molecule has 1 aromatic heterocycles. The second kappa shape index (κ2) is 5.54. The average Bonchev–Trinajstić information content (AvgIpc) is 2.80. The molecule has 0 radical (unpaired) electrons. The van der Waals surface area contributed by atoms with E-state index in [1.807, 2.05) is 49.4 Å². The molecule has 0 amide bonds. The number of anilines is 1. The Balaban J connectivity index is 2.22. The van der Waals surface area contributed by atoms with Crippen LogP contribution in [0, 0.1) is 6.92 Å². The molecule has 0 unspecified atom stereocenters. The third kappa shape index (κ3) is 2.69. The first-order valence-corrected chi connectivity index (χ1v) is 7.51. The van der Waals surface area contributed by atoms with Crippen molar-refractivity contribution in [2.24, 2.45) is 0 Å². The van der Waals surface area contributed by atoms with Gasteiger partial charge in [-0.3, -0.25) is 0 Å². The van der Waals surface area contributed by atoms with Crippen LogP contribution in [0.15, 0.2) is 51.5 Å². The van der Waals surface area contributed by atoms with Crippen molar-refractivity contribution in [3.63, 3.8) is 0 Å². The van der Waals surface area contributed by atoms with Gasteiger partial charge in [0.25, 0.3) is 0 Å². The Bertz CT molecular complexity index is 814. The van der Waals surface area contributed by atoms with Gasteiger partial charge in [0.15, 0.2) is 11.6 Å². The largest absolute Gasteiger partial charge is 0.380 e. The smallest absolute Gasteiger partial charge is 0.178 e. The van der Waals surface area contributed by atoms with Crippen molar-refractivity contribution in [3.05, 3.63) is 57.5 Å². The molecule has 5 heteroatoms. The SMILES string of the molecule is Cc1ccc(-c2onc(N)c2-c2cccc(Cl)c2)c(Br)c1. The molecular formula is C16H12BrClN2O. The van der Waals surface area contributed by atoms with Gasteiger partial charge >= 0.3 is 0 Å². The molecule has 0 aliphatic rings. The lowest BCUT2D eigenvalue weighted by Gasteiger charge is -2.06. The predicted octanol–water partition coefficient (Wildman–Crippen LogP) is 5.32. The third-order valence-corrected chi connectivity index (χ3v) is 4.09. The van der Waals surface area contributed by atoms with E-state index in [9.17, 15) is 0 Å². The van der Waals surface area contributed by atoms with E-state index in [2.05, 4.69) is 21.1 Å². The van der Waals surface area contributed by atoms with Crippen LogP contribution in [-0.2, 0) is 0 Å². The fourth-order valence-corrected chi connectivity index (χ4v) is 3.08.